The molecule has 3 aliphatic heterocycles. The van der Waals surface area contributed by atoms with E-state index in [9.17, 15) is 4.79 Å². The van der Waals surface area contributed by atoms with E-state index in [1.54, 1.807) is 0 Å². The maximum Gasteiger partial charge on any atom is 0.223 e. The monoisotopic (exact) mass is 246 g/mol. The van der Waals surface area contributed by atoms with E-state index in [2.05, 4.69) is 22.4 Å². The minimum atomic E-state index is 0.438. The van der Waals surface area contributed by atoms with Crippen molar-refractivity contribution < 1.29 is 4.79 Å². The molecule has 4 aliphatic rings. The Bertz CT molecular complexity index is 374. The van der Waals surface area contributed by atoms with Crippen LogP contribution in [0.2, 0.25) is 0 Å². The van der Waals surface area contributed by atoms with E-state index in [0.717, 1.165) is 31.3 Å². The zero-order valence-electron chi connectivity index (χ0n) is 10.8. The van der Waals surface area contributed by atoms with Crippen LogP contribution in [0.25, 0.3) is 0 Å². The van der Waals surface area contributed by atoms with Gasteiger partial charge in [-0.2, -0.15) is 0 Å². The van der Waals surface area contributed by atoms with Crippen LogP contribution < -0.4 is 5.32 Å². The van der Waals surface area contributed by atoms with Gasteiger partial charge in [-0.25, -0.2) is 0 Å². The summed E-state index contributed by atoms with van der Waals surface area (Å²) >= 11 is 0. The van der Waals surface area contributed by atoms with Gasteiger partial charge < -0.3 is 10.2 Å². The normalized spacial score (nSPS) is 44.9. The van der Waals surface area contributed by atoms with Crippen molar-refractivity contribution in [2.75, 3.05) is 13.1 Å². The summed E-state index contributed by atoms with van der Waals surface area (Å²) in [4.78, 5) is 14.9. The van der Waals surface area contributed by atoms with Gasteiger partial charge in [0.25, 0.3) is 0 Å². The third-order valence-electron chi connectivity index (χ3n) is 5.61. The molecule has 1 amide bonds. The molecular weight excluding hydrogens is 224 g/mol. The molecule has 18 heavy (non-hydrogen) atoms. The molecule has 0 unspecified atom stereocenters. The molecule has 0 saturated carbocycles. The smallest absolute Gasteiger partial charge is 0.223 e. The van der Waals surface area contributed by atoms with Crippen LogP contribution in [-0.2, 0) is 4.79 Å². The fourth-order valence-electron chi connectivity index (χ4n) is 4.83. The van der Waals surface area contributed by atoms with E-state index < -0.39 is 0 Å². The minimum absolute atomic E-state index is 0.438. The van der Waals surface area contributed by atoms with Crippen molar-refractivity contribution in [2.45, 2.75) is 44.2 Å². The lowest BCUT2D eigenvalue weighted by atomic mass is 9.82. The highest BCUT2D eigenvalue weighted by Gasteiger charge is 2.55. The molecule has 3 heterocycles. The summed E-state index contributed by atoms with van der Waals surface area (Å²) in [6.07, 6.45) is 10.1. The molecule has 1 N–H and O–H groups in total. The number of hydrogen-bond donors (Lipinski definition) is 1. The van der Waals surface area contributed by atoms with Crippen molar-refractivity contribution in [1.29, 1.82) is 0 Å². The molecule has 0 radical (unpaired) electrons. The Labute approximate surface area is 109 Å². The van der Waals surface area contributed by atoms with Gasteiger partial charge in [-0.1, -0.05) is 12.2 Å². The van der Waals surface area contributed by atoms with Crippen LogP contribution in [-0.4, -0.2) is 36.0 Å². The summed E-state index contributed by atoms with van der Waals surface area (Å²) in [6.45, 7) is 2.28. The van der Waals surface area contributed by atoms with Gasteiger partial charge >= 0.3 is 0 Å². The molecule has 0 aromatic heterocycles. The number of amides is 1. The van der Waals surface area contributed by atoms with E-state index in [1.807, 2.05) is 0 Å². The Morgan fingerprint density at radius 3 is 2.50 bits per heavy atom. The fraction of sp³-hybridized carbons (Fsp3) is 0.800. The van der Waals surface area contributed by atoms with Gasteiger partial charge in [-0.3, -0.25) is 4.79 Å². The van der Waals surface area contributed by atoms with Crippen LogP contribution in [0.5, 0.6) is 0 Å². The maximum absolute atomic E-state index is 12.6. The predicted octanol–water partition coefficient (Wildman–Crippen LogP) is 1.55. The number of hydrogen-bond acceptors (Lipinski definition) is 2. The zero-order chi connectivity index (χ0) is 12.1. The van der Waals surface area contributed by atoms with Crippen molar-refractivity contribution in [3.8, 4) is 0 Å². The Hall–Kier alpha value is -0.830. The molecule has 98 valence electrons. The lowest BCUT2D eigenvalue weighted by Gasteiger charge is -2.25. The summed E-state index contributed by atoms with van der Waals surface area (Å²) in [5.74, 6) is 2.47. The molecule has 5 atom stereocenters. The van der Waals surface area contributed by atoms with Gasteiger partial charge in [0.1, 0.15) is 0 Å². The first-order valence-electron chi connectivity index (χ1n) is 7.53. The number of rotatable bonds is 2. The van der Waals surface area contributed by atoms with E-state index in [0.29, 0.717) is 23.9 Å². The van der Waals surface area contributed by atoms with Crippen molar-refractivity contribution in [1.82, 2.24) is 10.2 Å². The summed E-state index contributed by atoms with van der Waals surface area (Å²) in [6, 6.07) is 1.13. The number of nitrogens with zero attached hydrogens (tertiary/aromatic N) is 1. The minimum Gasteiger partial charge on any atom is -0.336 e. The lowest BCUT2D eigenvalue weighted by Crippen LogP contribution is -2.39. The van der Waals surface area contributed by atoms with E-state index in [-0.39, 0.29) is 0 Å². The third-order valence-corrected chi connectivity index (χ3v) is 5.61. The largest absolute Gasteiger partial charge is 0.336 e. The van der Waals surface area contributed by atoms with Crippen LogP contribution >= 0.6 is 0 Å². The maximum atomic E-state index is 12.6. The Kier molecular flexibility index (Phi) is 2.51. The highest BCUT2D eigenvalue weighted by Crippen LogP contribution is 2.47. The summed E-state index contributed by atoms with van der Waals surface area (Å²) < 4.78 is 0. The van der Waals surface area contributed by atoms with Crippen LogP contribution in [0.15, 0.2) is 12.2 Å². The molecule has 0 aromatic rings. The van der Waals surface area contributed by atoms with Gasteiger partial charge in [-0.15, -0.1) is 0 Å². The van der Waals surface area contributed by atoms with Crippen molar-refractivity contribution in [2.24, 2.45) is 17.8 Å². The second kappa shape index (κ2) is 4.09. The molecule has 3 nitrogen and oxygen atoms in total. The van der Waals surface area contributed by atoms with Crippen LogP contribution in [0.1, 0.15) is 32.1 Å². The van der Waals surface area contributed by atoms with Gasteiger partial charge in [-0.05, 0) is 43.4 Å². The molecule has 4 rings (SSSR count). The fourth-order valence-corrected chi connectivity index (χ4v) is 4.83. The number of allylic oxidation sites excluding steroid dienone is 2. The van der Waals surface area contributed by atoms with E-state index in [1.165, 1.54) is 25.7 Å². The molecule has 0 spiro atoms. The van der Waals surface area contributed by atoms with E-state index in [4.69, 9.17) is 0 Å². The molecule has 3 saturated heterocycles. The zero-order valence-corrected chi connectivity index (χ0v) is 10.8. The van der Waals surface area contributed by atoms with Gasteiger partial charge in [0, 0.05) is 31.6 Å². The lowest BCUT2D eigenvalue weighted by molar-refractivity contribution is -0.133. The predicted molar refractivity (Wildman–Crippen MR) is 70.0 cm³/mol. The molecular formula is C15H22N2O. The number of nitrogens with one attached hydrogen (secondary N) is 1. The average molecular weight is 246 g/mol. The summed E-state index contributed by atoms with van der Waals surface area (Å²) in [5.41, 5.74) is 0. The first kappa shape index (κ1) is 11.0. The third kappa shape index (κ3) is 1.49. The highest BCUT2D eigenvalue weighted by molar-refractivity contribution is 5.78. The number of fused-ring (bicyclic) bond motifs is 5. The van der Waals surface area contributed by atoms with Crippen molar-refractivity contribution in [3.63, 3.8) is 0 Å². The van der Waals surface area contributed by atoms with Crippen LogP contribution in [0, 0.1) is 17.8 Å². The first-order chi connectivity index (χ1) is 8.84. The Balaban J connectivity index is 1.48. The van der Waals surface area contributed by atoms with Gasteiger partial charge in [0.2, 0.25) is 5.91 Å². The SMILES string of the molecule is O=C(C[C@@H]1C=CCC1)N1[C@@H]2CC[C@H]1[C@H]1CNC[C@H]12. The van der Waals surface area contributed by atoms with E-state index >= 15 is 0 Å². The molecule has 2 bridgehead atoms. The topological polar surface area (TPSA) is 32.3 Å². The second-order valence-corrected chi connectivity index (χ2v) is 6.47. The summed E-state index contributed by atoms with van der Waals surface area (Å²) in [7, 11) is 0. The number of carbonyl (C=O) groups excluding carboxylic acids is 1. The standard InChI is InChI=1S/C15H22N2O/c18-15(7-10-3-1-2-4-10)17-13-5-6-14(17)12-9-16-8-11(12)13/h1,3,10-14,16H,2,4-9H2/t10-,11-,12+,13-,14+/m1/s1. The second-order valence-electron chi connectivity index (χ2n) is 6.47. The molecule has 1 aliphatic carbocycles. The highest BCUT2D eigenvalue weighted by atomic mass is 16.2. The number of carbonyl (C=O) groups is 1. The van der Waals surface area contributed by atoms with Crippen molar-refractivity contribution >= 4 is 5.91 Å². The molecule has 0 aromatic carbocycles. The Morgan fingerprint density at radius 2 is 1.89 bits per heavy atom. The van der Waals surface area contributed by atoms with Gasteiger partial charge in [0.05, 0.1) is 0 Å². The van der Waals surface area contributed by atoms with Crippen LogP contribution in [0.4, 0.5) is 0 Å². The molecule has 3 heteroatoms. The van der Waals surface area contributed by atoms with Gasteiger partial charge in [0.15, 0.2) is 0 Å². The van der Waals surface area contributed by atoms with Crippen molar-refractivity contribution in [3.05, 3.63) is 12.2 Å². The summed E-state index contributed by atoms with van der Waals surface area (Å²) in [5, 5.41) is 3.51. The molecule has 3 fully saturated rings. The quantitative estimate of drug-likeness (QED) is 0.750. The van der Waals surface area contributed by atoms with Crippen LogP contribution in [0.3, 0.4) is 0 Å². The average Bonchev–Trinajstić information content (AvgIpc) is 3.11. The first-order valence-corrected chi connectivity index (χ1v) is 7.53. The Morgan fingerprint density at radius 1 is 1.17 bits per heavy atom.